The Morgan fingerprint density at radius 3 is 2.14 bits per heavy atom. The number of phenols is 1. The fourth-order valence-electron chi connectivity index (χ4n) is 0.966. The molecule has 0 saturated heterocycles. The summed E-state index contributed by atoms with van der Waals surface area (Å²) in [7, 11) is 0. The molecule has 0 saturated carbocycles. The van der Waals surface area contributed by atoms with E-state index in [1.165, 1.54) is 0 Å². The first-order valence-electron chi connectivity index (χ1n) is 3.51. The predicted octanol–water partition coefficient (Wildman–Crippen LogP) is 3.35. The van der Waals surface area contributed by atoms with Crippen molar-refractivity contribution in [1.82, 2.24) is 0 Å². The number of phenolic OH excluding ortho intramolecular Hbond substituents is 1. The summed E-state index contributed by atoms with van der Waals surface area (Å²) in [4.78, 5) is 0. The fourth-order valence-corrected chi connectivity index (χ4v) is 0.966. The van der Waals surface area contributed by atoms with Crippen LogP contribution in [-0.4, -0.2) is 5.11 Å². The summed E-state index contributed by atoms with van der Waals surface area (Å²) >= 11 is 0. The van der Waals surface area contributed by atoms with Gasteiger partial charge >= 0.3 is 6.18 Å². The quantitative estimate of drug-likeness (QED) is 0.707. The summed E-state index contributed by atoms with van der Waals surface area (Å²) in [5.41, 5.74) is -2.46. The molecule has 6 heteroatoms. The summed E-state index contributed by atoms with van der Waals surface area (Å²) in [6, 6.07) is 2.11. The summed E-state index contributed by atoms with van der Waals surface area (Å²) in [6.07, 6.45) is -7.95. The van der Waals surface area contributed by atoms with Crippen LogP contribution in [0, 0.1) is 0 Å². The second-order valence-corrected chi connectivity index (χ2v) is 2.54. The van der Waals surface area contributed by atoms with E-state index < -0.39 is 29.5 Å². The van der Waals surface area contributed by atoms with Crippen molar-refractivity contribution in [2.24, 2.45) is 0 Å². The maximum absolute atomic E-state index is 12.1. The predicted molar refractivity (Wildman–Crippen MR) is 38.1 cm³/mol. The summed E-state index contributed by atoms with van der Waals surface area (Å²) in [5, 5.41) is 8.89. The molecular weight excluding hydrogens is 207 g/mol. The Kier molecular flexibility index (Phi) is 2.64. The van der Waals surface area contributed by atoms with Gasteiger partial charge in [-0.3, -0.25) is 0 Å². The van der Waals surface area contributed by atoms with Crippen molar-refractivity contribution in [2.45, 2.75) is 12.6 Å². The van der Waals surface area contributed by atoms with Crippen LogP contribution < -0.4 is 0 Å². The van der Waals surface area contributed by atoms with Crippen LogP contribution in [0.5, 0.6) is 5.75 Å². The standard InChI is InChI=1S/C8H5F5O/c9-7(10)4-2-1-3-5(6(4)14)8(11,12)13/h1-3,7,14H. The van der Waals surface area contributed by atoms with Crippen LogP contribution in [0.2, 0.25) is 0 Å². The van der Waals surface area contributed by atoms with Crippen LogP contribution in [0.1, 0.15) is 17.6 Å². The summed E-state index contributed by atoms with van der Waals surface area (Å²) in [6.45, 7) is 0. The van der Waals surface area contributed by atoms with Gasteiger partial charge in [0.05, 0.1) is 11.1 Å². The van der Waals surface area contributed by atoms with Crippen molar-refractivity contribution >= 4 is 0 Å². The Labute approximate surface area is 75.8 Å². The molecule has 0 radical (unpaired) electrons. The Hall–Kier alpha value is -1.33. The molecule has 1 nitrogen and oxygen atoms in total. The van der Waals surface area contributed by atoms with E-state index in [-0.39, 0.29) is 0 Å². The van der Waals surface area contributed by atoms with Gasteiger partial charge in [0.1, 0.15) is 5.75 Å². The molecule has 14 heavy (non-hydrogen) atoms. The largest absolute Gasteiger partial charge is 0.507 e. The van der Waals surface area contributed by atoms with Crippen LogP contribution in [-0.2, 0) is 6.18 Å². The lowest BCUT2D eigenvalue weighted by atomic mass is 10.1. The minimum Gasteiger partial charge on any atom is -0.507 e. The Morgan fingerprint density at radius 2 is 1.71 bits per heavy atom. The van der Waals surface area contributed by atoms with Gasteiger partial charge in [0.15, 0.2) is 0 Å². The van der Waals surface area contributed by atoms with Gasteiger partial charge in [0.25, 0.3) is 6.43 Å². The van der Waals surface area contributed by atoms with Crippen LogP contribution in [0.3, 0.4) is 0 Å². The average molecular weight is 212 g/mol. The average Bonchev–Trinajstić information content (AvgIpc) is 2.01. The smallest absolute Gasteiger partial charge is 0.419 e. The molecule has 0 fully saturated rings. The van der Waals surface area contributed by atoms with Crippen LogP contribution >= 0.6 is 0 Å². The van der Waals surface area contributed by atoms with Crippen molar-refractivity contribution in [3.05, 3.63) is 29.3 Å². The highest BCUT2D eigenvalue weighted by Crippen LogP contribution is 2.40. The molecule has 0 spiro atoms. The van der Waals surface area contributed by atoms with Gasteiger partial charge in [-0.15, -0.1) is 0 Å². The molecule has 0 amide bonds. The number of hydrogen-bond acceptors (Lipinski definition) is 1. The first-order valence-corrected chi connectivity index (χ1v) is 3.51. The molecule has 0 aliphatic heterocycles. The van der Waals surface area contributed by atoms with E-state index in [9.17, 15) is 22.0 Å². The molecule has 1 aromatic rings. The van der Waals surface area contributed by atoms with Crippen LogP contribution in [0.15, 0.2) is 18.2 Å². The number of benzene rings is 1. The molecule has 0 unspecified atom stereocenters. The number of halogens is 5. The van der Waals surface area contributed by atoms with Gasteiger partial charge in [0, 0.05) is 0 Å². The Balaban J connectivity index is 3.28. The number of alkyl halides is 5. The molecule has 0 heterocycles. The third kappa shape index (κ3) is 1.94. The molecule has 1 rings (SSSR count). The third-order valence-electron chi connectivity index (χ3n) is 1.61. The van der Waals surface area contributed by atoms with E-state index in [0.29, 0.717) is 6.07 Å². The van der Waals surface area contributed by atoms with Gasteiger partial charge in [-0.2, -0.15) is 13.2 Å². The third-order valence-corrected chi connectivity index (χ3v) is 1.61. The van der Waals surface area contributed by atoms with E-state index in [1.807, 2.05) is 0 Å². The molecule has 0 bridgehead atoms. The van der Waals surface area contributed by atoms with Crippen molar-refractivity contribution < 1.29 is 27.1 Å². The van der Waals surface area contributed by atoms with Crippen LogP contribution in [0.25, 0.3) is 0 Å². The molecule has 1 N–H and O–H groups in total. The van der Waals surface area contributed by atoms with E-state index in [1.54, 1.807) is 0 Å². The monoisotopic (exact) mass is 212 g/mol. The van der Waals surface area contributed by atoms with E-state index >= 15 is 0 Å². The number of para-hydroxylation sites is 1. The summed E-state index contributed by atoms with van der Waals surface area (Å²) in [5.74, 6) is -1.41. The van der Waals surface area contributed by atoms with E-state index in [2.05, 4.69) is 0 Å². The minimum atomic E-state index is -4.82. The molecule has 78 valence electrons. The maximum Gasteiger partial charge on any atom is 0.419 e. The highest BCUT2D eigenvalue weighted by molar-refractivity contribution is 5.42. The SMILES string of the molecule is Oc1c(C(F)F)cccc1C(F)(F)F. The van der Waals surface area contributed by atoms with E-state index in [4.69, 9.17) is 5.11 Å². The highest BCUT2D eigenvalue weighted by Gasteiger charge is 2.35. The first kappa shape index (κ1) is 10.7. The normalized spacial score (nSPS) is 12.1. The second kappa shape index (κ2) is 3.43. The van der Waals surface area contributed by atoms with Crippen molar-refractivity contribution in [1.29, 1.82) is 0 Å². The van der Waals surface area contributed by atoms with Gasteiger partial charge in [-0.1, -0.05) is 6.07 Å². The zero-order valence-corrected chi connectivity index (χ0v) is 6.65. The molecule has 0 aliphatic rings. The molecule has 0 aliphatic carbocycles. The fraction of sp³-hybridized carbons (Fsp3) is 0.250. The number of hydrogen-bond donors (Lipinski definition) is 1. The van der Waals surface area contributed by atoms with Gasteiger partial charge in [0.2, 0.25) is 0 Å². The number of aromatic hydroxyl groups is 1. The zero-order valence-electron chi connectivity index (χ0n) is 6.65. The summed E-state index contributed by atoms with van der Waals surface area (Å²) < 4.78 is 60.4. The second-order valence-electron chi connectivity index (χ2n) is 2.54. The van der Waals surface area contributed by atoms with Crippen molar-refractivity contribution in [2.75, 3.05) is 0 Å². The topological polar surface area (TPSA) is 20.2 Å². The van der Waals surface area contributed by atoms with Gasteiger partial charge in [-0.25, -0.2) is 8.78 Å². The first-order chi connectivity index (χ1) is 6.34. The van der Waals surface area contributed by atoms with E-state index in [0.717, 1.165) is 12.1 Å². The molecule has 0 aromatic heterocycles. The van der Waals surface area contributed by atoms with Crippen molar-refractivity contribution in [3.8, 4) is 5.75 Å². The maximum atomic E-state index is 12.1. The number of rotatable bonds is 1. The highest BCUT2D eigenvalue weighted by atomic mass is 19.4. The lowest BCUT2D eigenvalue weighted by Gasteiger charge is -2.11. The molecular formula is C8H5F5O. The zero-order chi connectivity index (χ0) is 10.9. The Bertz CT molecular complexity index is 331. The van der Waals surface area contributed by atoms with Gasteiger partial charge < -0.3 is 5.11 Å². The molecule has 1 aromatic carbocycles. The lowest BCUT2D eigenvalue weighted by molar-refractivity contribution is -0.138. The lowest BCUT2D eigenvalue weighted by Crippen LogP contribution is -2.06. The van der Waals surface area contributed by atoms with Crippen molar-refractivity contribution in [3.63, 3.8) is 0 Å². The molecule has 0 atom stereocenters. The Morgan fingerprint density at radius 1 is 1.14 bits per heavy atom. The van der Waals surface area contributed by atoms with Gasteiger partial charge in [-0.05, 0) is 12.1 Å². The van der Waals surface area contributed by atoms with Crippen LogP contribution in [0.4, 0.5) is 22.0 Å². The minimum absolute atomic E-state index is 0.543.